The summed E-state index contributed by atoms with van der Waals surface area (Å²) in [6, 6.07) is 8.89. The number of sulfonamides is 1. The molecule has 1 atom stereocenters. The Morgan fingerprint density at radius 2 is 1.82 bits per heavy atom. The van der Waals surface area contributed by atoms with E-state index in [1.54, 1.807) is 13.1 Å². The highest BCUT2D eigenvalue weighted by atomic mass is 32.2. The Morgan fingerprint density at radius 1 is 1.12 bits per heavy atom. The number of benzene rings is 1. The zero-order valence-corrected chi connectivity index (χ0v) is 24.5. The molecule has 3 aromatic rings. The average Bonchev–Trinajstić information content (AvgIpc) is 3.55. The van der Waals surface area contributed by atoms with Crippen LogP contribution in [-0.4, -0.2) is 57.7 Å². The smallest absolute Gasteiger partial charge is 0.283 e. The fourth-order valence-corrected chi connectivity index (χ4v) is 7.24. The van der Waals surface area contributed by atoms with Crippen molar-refractivity contribution in [2.75, 3.05) is 11.3 Å². The number of nitrogens with zero attached hydrogens (tertiary/aromatic N) is 5. The fraction of sp³-hybridized carbons (Fsp3) is 0.517. The van der Waals surface area contributed by atoms with Crippen molar-refractivity contribution in [1.82, 2.24) is 24.6 Å². The van der Waals surface area contributed by atoms with Crippen LogP contribution in [0.2, 0.25) is 0 Å². The Kier molecular flexibility index (Phi) is 6.40. The van der Waals surface area contributed by atoms with Gasteiger partial charge in [-0.1, -0.05) is 32.0 Å². The summed E-state index contributed by atoms with van der Waals surface area (Å²) in [5, 5.41) is 3.97. The first-order chi connectivity index (χ1) is 18.9. The van der Waals surface area contributed by atoms with Gasteiger partial charge in [0.25, 0.3) is 15.9 Å². The molecule has 1 spiro atoms. The highest BCUT2D eigenvalue weighted by Gasteiger charge is 2.56. The molecule has 1 N–H and O–H groups in total. The second-order valence-electron chi connectivity index (χ2n) is 12.1. The Balaban J connectivity index is 1.48. The molecule has 2 aliphatic carbocycles. The minimum absolute atomic E-state index is 0.0756. The number of aromatic nitrogens is 4. The molecule has 0 saturated heterocycles. The second-order valence-corrected chi connectivity index (χ2v) is 13.8. The third-order valence-corrected chi connectivity index (χ3v) is 9.70. The number of anilines is 1. The molecule has 1 aromatic carbocycles. The SMILES string of the molecule is Cc1cccc(C)c1-c1cc2nc(n1)NS(=O)(=O)c1cc(n(C)n1)C(=O)N(C1CC3(CC3)C1)[C@H](CC(C)C)CO2. The van der Waals surface area contributed by atoms with Crippen LogP contribution >= 0.6 is 0 Å². The molecule has 0 unspecified atom stereocenters. The van der Waals surface area contributed by atoms with Crippen molar-refractivity contribution in [2.24, 2.45) is 18.4 Å². The molecule has 1 amide bonds. The first kappa shape index (κ1) is 26.7. The molecule has 40 heavy (non-hydrogen) atoms. The van der Waals surface area contributed by atoms with Crippen molar-refractivity contribution < 1.29 is 17.9 Å². The number of amides is 1. The Morgan fingerprint density at radius 3 is 2.48 bits per heavy atom. The van der Waals surface area contributed by atoms with Crippen LogP contribution < -0.4 is 9.46 Å². The zero-order chi connectivity index (χ0) is 28.4. The third kappa shape index (κ3) is 4.84. The Labute approximate surface area is 235 Å². The topological polar surface area (TPSA) is 119 Å². The van der Waals surface area contributed by atoms with E-state index in [1.165, 1.54) is 23.6 Å². The van der Waals surface area contributed by atoms with Crippen LogP contribution in [0.1, 0.15) is 67.6 Å². The van der Waals surface area contributed by atoms with Gasteiger partial charge in [0.05, 0.1) is 11.7 Å². The van der Waals surface area contributed by atoms with Gasteiger partial charge in [0, 0.05) is 30.8 Å². The van der Waals surface area contributed by atoms with E-state index in [1.807, 2.05) is 36.9 Å². The molecule has 2 aromatic heterocycles. The molecular formula is C29H36N6O4S. The van der Waals surface area contributed by atoms with E-state index >= 15 is 0 Å². The van der Waals surface area contributed by atoms with E-state index in [0.717, 1.165) is 36.0 Å². The Bertz CT molecular complexity index is 1570. The summed E-state index contributed by atoms with van der Waals surface area (Å²) < 4.78 is 37.0. The van der Waals surface area contributed by atoms with Crippen LogP contribution in [0.4, 0.5) is 5.95 Å². The number of hydrogen-bond donors (Lipinski definition) is 1. The van der Waals surface area contributed by atoms with E-state index in [0.29, 0.717) is 17.0 Å². The van der Waals surface area contributed by atoms with Crippen molar-refractivity contribution in [1.29, 1.82) is 0 Å². The molecule has 1 aliphatic heterocycles. The quantitative estimate of drug-likeness (QED) is 0.496. The number of carbonyl (C=O) groups excluding carboxylic acids is 1. The predicted octanol–water partition coefficient (Wildman–Crippen LogP) is 4.49. The summed E-state index contributed by atoms with van der Waals surface area (Å²) in [6.45, 7) is 8.47. The lowest BCUT2D eigenvalue weighted by atomic mass is 9.75. The molecule has 0 radical (unpaired) electrons. The first-order valence-electron chi connectivity index (χ1n) is 13.9. The molecule has 6 rings (SSSR count). The summed E-state index contributed by atoms with van der Waals surface area (Å²) >= 11 is 0. The molecule has 4 bridgehead atoms. The van der Waals surface area contributed by atoms with Crippen molar-refractivity contribution in [3.8, 4) is 17.1 Å². The maximum absolute atomic E-state index is 14.1. The van der Waals surface area contributed by atoms with Crippen molar-refractivity contribution in [3.63, 3.8) is 0 Å². The largest absolute Gasteiger partial charge is 0.475 e. The van der Waals surface area contributed by atoms with Crippen molar-refractivity contribution in [2.45, 2.75) is 76.9 Å². The van der Waals surface area contributed by atoms with Gasteiger partial charge in [0.1, 0.15) is 12.3 Å². The van der Waals surface area contributed by atoms with Gasteiger partial charge in [0.2, 0.25) is 11.8 Å². The van der Waals surface area contributed by atoms with Gasteiger partial charge < -0.3 is 9.64 Å². The van der Waals surface area contributed by atoms with Gasteiger partial charge in [0.15, 0.2) is 5.03 Å². The molecule has 3 aliphatic rings. The highest BCUT2D eigenvalue weighted by molar-refractivity contribution is 7.92. The molecule has 11 heteroatoms. The van der Waals surface area contributed by atoms with Gasteiger partial charge in [-0.25, -0.2) is 9.71 Å². The second kappa shape index (κ2) is 9.57. The van der Waals surface area contributed by atoms with Crippen LogP contribution in [0.15, 0.2) is 35.4 Å². The number of carbonyl (C=O) groups is 1. The van der Waals surface area contributed by atoms with Gasteiger partial charge >= 0.3 is 0 Å². The average molecular weight is 565 g/mol. The van der Waals surface area contributed by atoms with Crippen LogP contribution in [0.25, 0.3) is 11.3 Å². The molecule has 212 valence electrons. The highest BCUT2D eigenvalue weighted by Crippen LogP contribution is 2.62. The normalized spacial score (nSPS) is 21.6. The standard InChI is InChI=1S/C29H36N6O4S/c1-17(2)11-20-16-39-24-12-22(26-18(3)7-6-8-19(26)4)30-28(31-24)33-40(37,38)25-13-23(34(5)32-25)27(36)35(20)21-14-29(15-21)9-10-29/h6-8,12-13,17,20-21H,9-11,14-16H2,1-5H3,(H,30,31,33)/t20-/m1/s1. The monoisotopic (exact) mass is 564 g/mol. The van der Waals surface area contributed by atoms with Crippen LogP contribution in [0.5, 0.6) is 5.88 Å². The fourth-order valence-electron chi connectivity index (χ4n) is 6.31. The molecule has 2 fully saturated rings. The zero-order valence-electron chi connectivity index (χ0n) is 23.6. The number of rotatable bonds is 4. The Hall–Kier alpha value is -3.47. The van der Waals surface area contributed by atoms with Crippen LogP contribution in [0.3, 0.4) is 0 Å². The van der Waals surface area contributed by atoms with Gasteiger partial charge in [-0.2, -0.15) is 18.5 Å². The maximum Gasteiger partial charge on any atom is 0.283 e. The molecular weight excluding hydrogens is 528 g/mol. The number of nitrogens with one attached hydrogen (secondary N) is 1. The predicted molar refractivity (Wildman–Crippen MR) is 151 cm³/mol. The van der Waals surface area contributed by atoms with Crippen molar-refractivity contribution >= 4 is 21.9 Å². The lowest BCUT2D eigenvalue weighted by Crippen LogP contribution is -2.55. The molecule has 3 heterocycles. The van der Waals surface area contributed by atoms with E-state index in [9.17, 15) is 13.2 Å². The molecule has 2 saturated carbocycles. The summed E-state index contributed by atoms with van der Waals surface area (Å²) in [5.74, 6) is 0.225. The number of hydrogen-bond acceptors (Lipinski definition) is 7. The molecule has 10 nitrogen and oxygen atoms in total. The summed E-state index contributed by atoms with van der Waals surface area (Å²) in [6.07, 6.45) is 5.08. The van der Waals surface area contributed by atoms with Gasteiger partial charge in [-0.15, -0.1) is 0 Å². The lowest BCUT2D eigenvalue weighted by molar-refractivity contribution is 0.00839. The van der Waals surface area contributed by atoms with E-state index < -0.39 is 10.0 Å². The van der Waals surface area contributed by atoms with E-state index in [4.69, 9.17) is 4.74 Å². The minimum Gasteiger partial charge on any atom is -0.475 e. The number of ether oxygens (including phenoxy) is 1. The number of aryl methyl sites for hydroxylation is 3. The minimum atomic E-state index is -4.18. The summed E-state index contributed by atoms with van der Waals surface area (Å²) in [4.78, 5) is 25.1. The third-order valence-electron chi connectivity index (χ3n) is 8.50. The van der Waals surface area contributed by atoms with Crippen LogP contribution in [0, 0.1) is 25.2 Å². The summed E-state index contributed by atoms with van der Waals surface area (Å²) in [5.41, 5.74) is 4.05. The number of fused-ring (bicyclic) bond motifs is 4. The maximum atomic E-state index is 14.1. The first-order valence-corrected chi connectivity index (χ1v) is 15.4. The van der Waals surface area contributed by atoms with Crippen molar-refractivity contribution in [3.05, 3.63) is 47.2 Å². The van der Waals surface area contributed by atoms with E-state index in [-0.39, 0.29) is 47.1 Å². The van der Waals surface area contributed by atoms with E-state index in [2.05, 4.69) is 33.6 Å². The lowest BCUT2D eigenvalue weighted by Gasteiger charge is -2.47. The van der Waals surface area contributed by atoms with Gasteiger partial charge in [-0.3, -0.25) is 9.48 Å². The van der Waals surface area contributed by atoms with Crippen LogP contribution in [-0.2, 0) is 17.1 Å². The summed E-state index contributed by atoms with van der Waals surface area (Å²) in [7, 11) is -2.58. The van der Waals surface area contributed by atoms with Gasteiger partial charge in [-0.05, 0) is 68.4 Å².